The molecule has 0 saturated heterocycles. The smallest absolute Gasteiger partial charge is 0.258 e. The molecule has 4 rings (SSSR count). The molecule has 0 radical (unpaired) electrons. The molecule has 0 bridgehead atoms. The first kappa shape index (κ1) is 15.9. The standard InChI is InChI=1S/C17H15N5O4/c23-17(18-8-12-1-6-15-16(7-12)26-11-25-15)9-24-14-4-2-13(3-5-14)22-10-19-20-21-22/h1-7,10H,8-9,11H2,(H,18,23). The number of carbonyl (C=O) groups is 1. The van der Waals surface area contributed by atoms with Crippen LogP contribution in [0.1, 0.15) is 5.56 Å². The molecule has 132 valence electrons. The Morgan fingerprint density at radius 2 is 2.00 bits per heavy atom. The number of ether oxygens (including phenoxy) is 3. The highest BCUT2D eigenvalue weighted by molar-refractivity contribution is 5.77. The van der Waals surface area contributed by atoms with E-state index >= 15 is 0 Å². The van der Waals surface area contributed by atoms with Gasteiger partial charge in [0.15, 0.2) is 18.1 Å². The topological polar surface area (TPSA) is 100 Å². The molecule has 1 aliphatic heterocycles. The first-order chi connectivity index (χ1) is 12.8. The van der Waals surface area contributed by atoms with Crippen LogP contribution in [0, 0.1) is 0 Å². The maximum absolute atomic E-state index is 12.0. The van der Waals surface area contributed by atoms with Gasteiger partial charge in [-0.15, -0.1) is 5.10 Å². The Balaban J connectivity index is 1.26. The Labute approximate surface area is 148 Å². The molecule has 0 saturated carbocycles. The van der Waals surface area contributed by atoms with Gasteiger partial charge in [-0.3, -0.25) is 4.79 Å². The molecule has 9 nitrogen and oxygen atoms in total. The van der Waals surface area contributed by atoms with E-state index in [1.807, 2.05) is 18.2 Å². The minimum Gasteiger partial charge on any atom is -0.484 e. The van der Waals surface area contributed by atoms with E-state index in [1.165, 1.54) is 11.0 Å². The van der Waals surface area contributed by atoms with Gasteiger partial charge in [0.1, 0.15) is 12.1 Å². The fourth-order valence-corrected chi connectivity index (χ4v) is 2.43. The van der Waals surface area contributed by atoms with E-state index < -0.39 is 0 Å². The van der Waals surface area contributed by atoms with Gasteiger partial charge in [-0.2, -0.15) is 0 Å². The molecule has 2 heterocycles. The number of benzene rings is 2. The molecule has 1 amide bonds. The van der Waals surface area contributed by atoms with Gasteiger partial charge in [-0.25, -0.2) is 4.68 Å². The zero-order valence-electron chi connectivity index (χ0n) is 13.7. The second-order valence-corrected chi connectivity index (χ2v) is 5.50. The predicted octanol–water partition coefficient (Wildman–Crippen LogP) is 1.09. The molecule has 0 atom stereocenters. The van der Waals surface area contributed by atoms with Crippen molar-refractivity contribution in [3.8, 4) is 22.9 Å². The van der Waals surface area contributed by atoms with Crippen molar-refractivity contribution in [2.45, 2.75) is 6.54 Å². The molecule has 26 heavy (non-hydrogen) atoms. The molecule has 0 aliphatic carbocycles. The number of hydrogen-bond acceptors (Lipinski definition) is 7. The summed E-state index contributed by atoms with van der Waals surface area (Å²) in [4.78, 5) is 12.0. The van der Waals surface area contributed by atoms with Crippen LogP contribution >= 0.6 is 0 Å². The van der Waals surface area contributed by atoms with Crippen LogP contribution in [-0.4, -0.2) is 39.5 Å². The fraction of sp³-hybridized carbons (Fsp3) is 0.176. The van der Waals surface area contributed by atoms with E-state index in [4.69, 9.17) is 14.2 Å². The minimum absolute atomic E-state index is 0.0746. The molecular formula is C17H15N5O4. The van der Waals surface area contributed by atoms with Gasteiger partial charge < -0.3 is 19.5 Å². The zero-order valence-corrected chi connectivity index (χ0v) is 13.7. The third kappa shape index (κ3) is 3.56. The molecule has 3 aromatic rings. The molecular weight excluding hydrogens is 338 g/mol. The van der Waals surface area contributed by atoms with Crippen molar-refractivity contribution in [1.82, 2.24) is 25.5 Å². The quantitative estimate of drug-likeness (QED) is 0.708. The number of carbonyl (C=O) groups excluding carboxylic acids is 1. The Hall–Kier alpha value is -3.62. The van der Waals surface area contributed by atoms with E-state index in [2.05, 4.69) is 20.8 Å². The van der Waals surface area contributed by atoms with Gasteiger partial charge in [0, 0.05) is 6.54 Å². The summed E-state index contributed by atoms with van der Waals surface area (Å²) in [7, 11) is 0. The summed E-state index contributed by atoms with van der Waals surface area (Å²) in [6.07, 6.45) is 1.50. The Morgan fingerprint density at radius 1 is 1.15 bits per heavy atom. The van der Waals surface area contributed by atoms with Crippen LogP contribution < -0.4 is 19.5 Å². The highest BCUT2D eigenvalue weighted by Crippen LogP contribution is 2.32. The number of nitrogens with one attached hydrogen (secondary N) is 1. The Bertz CT molecular complexity index is 896. The van der Waals surface area contributed by atoms with Gasteiger partial charge in [-0.1, -0.05) is 6.07 Å². The number of rotatable bonds is 6. The van der Waals surface area contributed by atoms with Crippen LogP contribution in [0.2, 0.25) is 0 Å². The first-order valence-corrected chi connectivity index (χ1v) is 7.89. The molecule has 9 heteroatoms. The maximum Gasteiger partial charge on any atom is 0.258 e. The molecule has 0 fully saturated rings. The highest BCUT2D eigenvalue weighted by Gasteiger charge is 2.13. The summed E-state index contributed by atoms with van der Waals surface area (Å²) < 4.78 is 17.6. The van der Waals surface area contributed by atoms with Crippen molar-refractivity contribution in [2.75, 3.05) is 13.4 Å². The van der Waals surface area contributed by atoms with Crippen molar-refractivity contribution in [3.63, 3.8) is 0 Å². The van der Waals surface area contributed by atoms with Gasteiger partial charge in [0.25, 0.3) is 5.91 Å². The first-order valence-electron chi connectivity index (χ1n) is 7.89. The summed E-state index contributed by atoms with van der Waals surface area (Å²) >= 11 is 0. The molecule has 0 spiro atoms. The van der Waals surface area contributed by atoms with Gasteiger partial charge in [0.2, 0.25) is 6.79 Å². The van der Waals surface area contributed by atoms with E-state index in [0.717, 1.165) is 11.3 Å². The summed E-state index contributed by atoms with van der Waals surface area (Å²) in [5.41, 5.74) is 1.73. The van der Waals surface area contributed by atoms with Gasteiger partial charge >= 0.3 is 0 Å². The average molecular weight is 353 g/mol. The maximum atomic E-state index is 12.0. The lowest BCUT2D eigenvalue weighted by Crippen LogP contribution is -2.28. The van der Waals surface area contributed by atoms with Crippen molar-refractivity contribution >= 4 is 5.91 Å². The van der Waals surface area contributed by atoms with Crippen molar-refractivity contribution in [1.29, 1.82) is 0 Å². The number of aromatic nitrogens is 4. The fourth-order valence-electron chi connectivity index (χ4n) is 2.43. The monoisotopic (exact) mass is 353 g/mol. The van der Waals surface area contributed by atoms with E-state index in [0.29, 0.717) is 23.8 Å². The lowest BCUT2D eigenvalue weighted by atomic mass is 10.2. The van der Waals surface area contributed by atoms with Gasteiger partial charge in [0.05, 0.1) is 5.69 Å². The third-order valence-electron chi connectivity index (χ3n) is 3.75. The number of hydrogen-bond donors (Lipinski definition) is 1. The summed E-state index contributed by atoms with van der Waals surface area (Å²) in [6, 6.07) is 12.7. The zero-order chi connectivity index (χ0) is 17.8. The predicted molar refractivity (Wildman–Crippen MR) is 89.1 cm³/mol. The molecule has 1 N–H and O–H groups in total. The van der Waals surface area contributed by atoms with Crippen molar-refractivity contribution in [3.05, 3.63) is 54.4 Å². The third-order valence-corrected chi connectivity index (χ3v) is 3.75. The van der Waals surface area contributed by atoms with Crippen LogP contribution in [0.5, 0.6) is 17.2 Å². The molecule has 0 unspecified atom stereocenters. The van der Waals surface area contributed by atoms with Crippen molar-refractivity contribution < 1.29 is 19.0 Å². The summed E-state index contributed by atoms with van der Waals surface area (Å²) in [6.45, 7) is 0.539. The van der Waals surface area contributed by atoms with E-state index in [1.54, 1.807) is 24.3 Å². The van der Waals surface area contributed by atoms with Crippen LogP contribution in [0.15, 0.2) is 48.8 Å². The molecule has 2 aromatic carbocycles. The average Bonchev–Trinajstić information content (AvgIpc) is 3.36. The normalized spacial score (nSPS) is 12.0. The summed E-state index contributed by atoms with van der Waals surface area (Å²) in [5.74, 6) is 1.77. The Morgan fingerprint density at radius 3 is 2.81 bits per heavy atom. The van der Waals surface area contributed by atoms with E-state index in [-0.39, 0.29) is 19.3 Å². The van der Waals surface area contributed by atoms with Gasteiger partial charge in [-0.05, 0) is 52.4 Å². The summed E-state index contributed by atoms with van der Waals surface area (Å²) in [5, 5.41) is 13.8. The number of fused-ring (bicyclic) bond motifs is 1. The highest BCUT2D eigenvalue weighted by atomic mass is 16.7. The second-order valence-electron chi connectivity index (χ2n) is 5.50. The lowest BCUT2D eigenvalue weighted by molar-refractivity contribution is -0.123. The lowest BCUT2D eigenvalue weighted by Gasteiger charge is -2.08. The van der Waals surface area contributed by atoms with Crippen LogP contribution in [0.25, 0.3) is 5.69 Å². The van der Waals surface area contributed by atoms with Crippen LogP contribution in [-0.2, 0) is 11.3 Å². The van der Waals surface area contributed by atoms with Crippen LogP contribution in [0.3, 0.4) is 0 Å². The molecule has 1 aliphatic rings. The largest absolute Gasteiger partial charge is 0.484 e. The number of tetrazole rings is 1. The Kier molecular flexibility index (Phi) is 4.33. The second kappa shape index (κ2) is 7.09. The SMILES string of the molecule is O=C(COc1ccc(-n2cnnn2)cc1)NCc1ccc2c(c1)OCO2. The minimum atomic E-state index is -0.216. The number of nitrogens with zero attached hydrogens (tertiary/aromatic N) is 4. The number of amides is 1. The van der Waals surface area contributed by atoms with Crippen molar-refractivity contribution in [2.24, 2.45) is 0 Å². The van der Waals surface area contributed by atoms with E-state index in [9.17, 15) is 4.79 Å². The van der Waals surface area contributed by atoms with Crippen LogP contribution in [0.4, 0.5) is 0 Å². The molecule has 1 aromatic heterocycles.